The summed E-state index contributed by atoms with van der Waals surface area (Å²) in [4.78, 5) is 44.2. The van der Waals surface area contributed by atoms with Crippen molar-refractivity contribution in [3.8, 4) is 0 Å². The van der Waals surface area contributed by atoms with Gasteiger partial charge in [0.05, 0.1) is 28.3 Å². The minimum absolute atomic E-state index is 0.0967. The maximum Gasteiger partial charge on any atom is 0.338 e. The molecule has 2 aliphatic heterocycles. The molecule has 2 heterocycles. The number of halogens is 2. The molecular weight excluding hydrogens is 505 g/mol. The third kappa shape index (κ3) is 6.63. The minimum atomic E-state index is -0.810. The lowest BCUT2D eigenvalue weighted by Gasteiger charge is -2.37. The van der Waals surface area contributed by atoms with E-state index in [9.17, 15) is 14.4 Å². The van der Waals surface area contributed by atoms with Crippen molar-refractivity contribution in [3.63, 3.8) is 0 Å². The van der Waals surface area contributed by atoms with Gasteiger partial charge in [-0.25, -0.2) is 14.4 Å². The molecule has 3 rings (SSSR count). The highest BCUT2D eigenvalue weighted by atomic mass is 35.5. The molecule has 2 aliphatic rings. The van der Waals surface area contributed by atoms with E-state index in [1.807, 2.05) is 20.8 Å². The van der Waals surface area contributed by atoms with Crippen LogP contribution in [0, 0.1) is 0 Å². The Morgan fingerprint density at radius 2 is 1.89 bits per heavy atom. The number of esters is 1. The predicted octanol–water partition coefficient (Wildman–Crippen LogP) is 4.02. The van der Waals surface area contributed by atoms with E-state index < -0.39 is 12.0 Å². The number of nitrogens with one attached hydrogen (secondary N) is 2. The maximum absolute atomic E-state index is 13.2. The van der Waals surface area contributed by atoms with Gasteiger partial charge in [-0.05, 0) is 45.7 Å². The summed E-state index contributed by atoms with van der Waals surface area (Å²) in [7, 11) is 1.63. The van der Waals surface area contributed by atoms with Gasteiger partial charge >= 0.3 is 18.0 Å². The van der Waals surface area contributed by atoms with Crippen LogP contribution in [0.25, 0.3) is 0 Å². The molecule has 198 valence electrons. The second-order valence-electron chi connectivity index (χ2n) is 9.96. The number of urea groups is 2. The number of ether oxygens (including phenoxy) is 1. The Hall–Kier alpha value is -2.49. The molecule has 1 aromatic rings. The Labute approximate surface area is 222 Å². The molecule has 1 saturated heterocycles. The summed E-state index contributed by atoms with van der Waals surface area (Å²) in [5, 5.41) is 6.47. The van der Waals surface area contributed by atoms with E-state index in [0.29, 0.717) is 54.6 Å². The molecule has 0 aliphatic carbocycles. The molecule has 1 fully saturated rings. The molecule has 0 saturated carbocycles. The molecule has 1 unspecified atom stereocenters. The SMILES string of the molecule is CCOC(=O)C1=C(CN2CCCN(C(=O)NC(C)(C)C)CC2)N(C)C(=O)NC1c1cccc(Cl)c1Cl. The highest BCUT2D eigenvalue weighted by Crippen LogP contribution is 2.37. The van der Waals surface area contributed by atoms with Crippen molar-refractivity contribution in [2.75, 3.05) is 46.4 Å². The Morgan fingerprint density at radius 1 is 1.17 bits per heavy atom. The first-order valence-electron chi connectivity index (χ1n) is 12.1. The Kier molecular flexibility index (Phi) is 9.13. The van der Waals surface area contributed by atoms with Gasteiger partial charge in [0.15, 0.2) is 0 Å². The first kappa shape index (κ1) is 28.1. The Morgan fingerprint density at radius 3 is 2.56 bits per heavy atom. The van der Waals surface area contributed by atoms with Gasteiger partial charge in [0, 0.05) is 51.0 Å². The van der Waals surface area contributed by atoms with Gasteiger partial charge in [-0.3, -0.25) is 9.80 Å². The number of benzene rings is 1. The molecule has 0 radical (unpaired) electrons. The van der Waals surface area contributed by atoms with E-state index in [2.05, 4.69) is 15.5 Å². The lowest BCUT2D eigenvalue weighted by molar-refractivity contribution is -0.139. The fraction of sp³-hybridized carbons (Fsp3) is 0.560. The van der Waals surface area contributed by atoms with Crippen LogP contribution in [0.2, 0.25) is 10.0 Å². The van der Waals surface area contributed by atoms with Crippen LogP contribution in [0.15, 0.2) is 29.5 Å². The standard InChI is InChI=1S/C25H35Cl2N5O4/c1-6-36-22(33)19-18(15-31-11-8-12-32(14-13-31)24(35)29-25(2,3)4)30(5)23(34)28-21(19)16-9-7-10-17(26)20(16)27/h7,9-10,21H,6,8,11-15H2,1-5H3,(H,28,34)(H,29,35). The largest absolute Gasteiger partial charge is 0.463 e. The molecule has 1 atom stereocenters. The van der Waals surface area contributed by atoms with Crippen LogP contribution in [0.1, 0.15) is 45.7 Å². The summed E-state index contributed by atoms with van der Waals surface area (Å²) >= 11 is 12.7. The number of amides is 4. The monoisotopic (exact) mass is 539 g/mol. The van der Waals surface area contributed by atoms with Crippen LogP contribution in [-0.4, -0.2) is 84.6 Å². The van der Waals surface area contributed by atoms with Crippen LogP contribution >= 0.6 is 23.2 Å². The predicted molar refractivity (Wildman–Crippen MR) is 140 cm³/mol. The van der Waals surface area contributed by atoms with E-state index in [4.69, 9.17) is 27.9 Å². The molecule has 2 N–H and O–H groups in total. The summed E-state index contributed by atoms with van der Waals surface area (Å²) in [6.07, 6.45) is 0.763. The van der Waals surface area contributed by atoms with Crippen LogP contribution < -0.4 is 10.6 Å². The summed E-state index contributed by atoms with van der Waals surface area (Å²) in [6, 6.07) is 3.84. The molecule has 0 spiro atoms. The van der Waals surface area contributed by atoms with Gasteiger partial charge in [-0.1, -0.05) is 35.3 Å². The Bertz CT molecular complexity index is 1040. The average Bonchev–Trinajstić information content (AvgIpc) is 3.03. The number of carbonyl (C=O) groups is 3. The topological polar surface area (TPSA) is 94.2 Å². The zero-order valence-corrected chi connectivity index (χ0v) is 23.0. The third-order valence-corrected chi connectivity index (χ3v) is 6.93. The highest BCUT2D eigenvalue weighted by molar-refractivity contribution is 6.42. The molecule has 4 amide bonds. The maximum atomic E-state index is 13.2. The van der Waals surface area contributed by atoms with Crippen LogP contribution in [0.3, 0.4) is 0 Å². The molecule has 36 heavy (non-hydrogen) atoms. The zero-order chi connectivity index (χ0) is 26.6. The van der Waals surface area contributed by atoms with Crippen molar-refractivity contribution in [1.82, 2.24) is 25.3 Å². The van der Waals surface area contributed by atoms with E-state index >= 15 is 0 Å². The Balaban J connectivity index is 1.92. The molecule has 1 aromatic carbocycles. The van der Waals surface area contributed by atoms with Gasteiger partial charge in [-0.15, -0.1) is 0 Å². The van der Waals surface area contributed by atoms with Crippen molar-refractivity contribution >= 4 is 41.2 Å². The number of carbonyl (C=O) groups excluding carboxylic acids is 3. The van der Waals surface area contributed by atoms with Crippen molar-refractivity contribution in [2.45, 2.75) is 45.7 Å². The normalized spacial score (nSPS) is 19.6. The van der Waals surface area contributed by atoms with Gasteiger partial charge in [0.25, 0.3) is 0 Å². The number of likely N-dealkylation sites (N-methyl/N-ethyl adjacent to an activating group) is 1. The van der Waals surface area contributed by atoms with Crippen LogP contribution in [-0.2, 0) is 9.53 Å². The van der Waals surface area contributed by atoms with Gasteiger partial charge in [0.1, 0.15) is 0 Å². The highest BCUT2D eigenvalue weighted by Gasteiger charge is 2.38. The molecule has 9 nitrogen and oxygen atoms in total. The van der Waals surface area contributed by atoms with Crippen molar-refractivity contribution in [3.05, 3.63) is 45.1 Å². The van der Waals surface area contributed by atoms with Crippen molar-refractivity contribution in [2.24, 2.45) is 0 Å². The van der Waals surface area contributed by atoms with Crippen LogP contribution in [0.4, 0.5) is 9.59 Å². The van der Waals surface area contributed by atoms with Crippen LogP contribution in [0.5, 0.6) is 0 Å². The summed E-state index contributed by atoms with van der Waals surface area (Å²) in [5.41, 5.74) is 1.05. The lowest BCUT2D eigenvalue weighted by atomic mass is 9.94. The number of hydrogen-bond acceptors (Lipinski definition) is 5. The average molecular weight is 540 g/mol. The third-order valence-electron chi connectivity index (χ3n) is 6.10. The van der Waals surface area contributed by atoms with E-state index in [1.165, 1.54) is 4.90 Å². The summed E-state index contributed by atoms with van der Waals surface area (Å²) in [6.45, 7) is 10.6. The van der Waals surface area contributed by atoms with E-state index in [-0.39, 0.29) is 29.2 Å². The van der Waals surface area contributed by atoms with Crippen molar-refractivity contribution in [1.29, 1.82) is 0 Å². The summed E-state index contributed by atoms with van der Waals surface area (Å²) in [5.74, 6) is -0.526. The molecular formula is C25H35Cl2N5O4. The molecule has 0 bridgehead atoms. The van der Waals surface area contributed by atoms with Gasteiger partial charge < -0.3 is 20.3 Å². The quantitative estimate of drug-likeness (QED) is 0.551. The second kappa shape index (κ2) is 11.7. The van der Waals surface area contributed by atoms with Crippen molar-refractivity contribution < 1.29 is 19.1 Å². The van der Waals surface area contributed by atoms with Gasteiger partial charge in [0.2, 0.25) is 0 Å². The number of nitrogens with zero attached hydrogens (tertiary/aromatic N) is 3. The fourth-order valence-corrected chi connectivity index (χ4v) is 4.74. The summed E-state index contributed by atoms with van der Waals surface area (Å²) < 4.78 is 5.40. The molecule has 11 heteroatoms. The fourth-order valence-electron chi connectivity index (χ4n) is 4.32. The zero-order valence-electron chi connectivity index (χ0n) is 21.5. The number of rotatable bonds is 5. The second-order valence-corrected chi connectivity index (χ2v) is 10.7. The first-order valence-corrected chi connectivity index (χ1v) is 12.9. The molecule has 0 aromatic heterocycles. The number of hydrogen-bond donors (Lipinski definition) is 2. The smallest absolute Gasteiger partial charge is 0.338 e. The minimum Gasteiger partial charge on any atom is -0.463 e. The van der Waals surface area contributed by atoms with E-state index in [0.717, 1.165) is 6.42 Å². The van der Waals surface area contributed by atoms with E-state index in [1.54, 1.807) is 37.1 Å². The first-order chi connectivity index (χ1) is 16.9. The lowest BCUT2D eigenvalue weighted by Crippen LogP contribution is -2.50. The van der Waals surface area contributed by atoms with Gasteiger partial charge in [-0.2, -0.15) is 0 Å².